The first kappa shape index (κ1) is 17.0. The predicted molar refractivity (Wildman–Crippen MR) is 88.5 cm³/mol. The van der Waals surface area contributed by atoms with E-state index in [1.807, 2.05) is 6.92 Å². The summed E-state index contributed by atoms with van der Waals surface area (Å²) in [6.07, 6.45) is -1.80. The van der Waals surface area contributed by atoms with Gasteiger partial charge in [-0.05, 0) is 56.3 Å². The van der Waals surface area contributed by atoms with Crippen molar-refractivity contribution in [3.63, 3.8) is 0 Å². The number of nitrogens with one attached hydrogen (secondary N) is 2. The molecule has 0 radical (unpaired) electrons. The smallest absolute Gasteiger partial charge is 0.176 e. The second-order valence-electron chi connectivity index (χ2n) is 8.96. The molecule has 4 saturated carbocycles. The first-order chi connectivity index (χ1) is 11.6. The summed E-state index contributed by atoms with van der Waals surface area (Å²) in [6, 6.07) is 0. The van der Waals surface area contributed by atoms with E-state index in [9.17, 15) is 14.0 Å². The molecule has 6 heteroatoms. The Labute approximate surface area is 145 Å². The topological polar surface area (TPSA) is 81.8 Å². The molecule has 0 aromatic rings. The number of ketones is 2. The van der Waals surface area contributed by atoms with Crippen LogP contribution in [-0.2, 0) is 9.59 Å². The fraction of sp³-hybridized carbons (Fsp3) is 0.789. The summed E-state index contributed by atoms with van der Waals surface area (Å²) in [5.41, 5.74) is -1.08. The number of halogens is 2. The van der Waals surface area contributed by atoms with Gasteiger partial charge in [0, 0.05) is 23.3 Å². The molecule has 2 N–H and O–H groups in total. The van der Waals surface area contributed by atoms with Gasteiger partial charge in [-0.15, -0.1) is 0 Å². The molecule has 0 heterocycles. The maximum atomic E-state index is 15.2. The van der Waals surface area contributed by atoms with Crippen molar-refractivity contribution in [3.05, 3.63) is 0 Å². The molecule has 6 unspecified atom stereocenters. The minimum atomic E-state index is -1.96. The van der Waals surface area contributed by atoms with Gasteiger partial charge in [-0.1, -0.05) is 6.92 Å². The molecular formula is C19H24F2N2O2. The van der Waals surface area contributed by atoms with Crippen molar-refractivity contribution in [1.29, 1.82) is 10.8 Å². The second kappa shape index (κ2) is 5.04. The maximum absolute atomic E-state index is 15.2. The third-order valence-electron chi connectivity index (χ3n) is 7.87. The number of hydrogen-bond acceptors (Lipinski definition) is 4. The van der Waals surface area contributed by atoms with E-state index in [-0.39, 0.29) is 18.3 Å². The Bertz CT molecular complexity index is 708. The van der Waals surface area contributed by atoms with Crippen LogP contribution in [0.1, 0.15) is 46.0 Å². The first-order valence-corrected chi connectivity index (χ1v) is 9.12. The highest BCUT2D eigenvalue weighted by Crippen LogP contribution is 2.64. The number of carbonyl (C=O) groups is 2. The van der Waals surface area contributed by atoms with Crippen LogP contribution in [0.3, 0.4) is 0 Å². The summed E-state index contributed by atoms with van der Waals surface area (Å²) in [6.45, 7) is 3.35. The van der Waals surface area contributed by atoms with Gasteiger partial charge in [0.2, 0.25) is 0 Å². The average molecular weight is 350 g/mol. The van der Waals surface area contributed by atoms with Gasteiger partial charge >= 0.3 is 0 Å². The summed E-state index contributed by atoms with van der Waals surface area (Å²) in [5.74, 6) is -3.00. The molecule has 4 nitrogen and oxygen atoms in total. The Morgan fingerprint density at radius 2 is 1.80 bits per heavy atom. The fourth-order valence-electron chi connectivity index (χ4n) is 6.46. The van der Waals surface area contributed by atoms with E-state index in [0.29, 0.717) is 37.1 Å². The van der Waals surface area contributed by atoms with Gasteiger partial charge in [0.1, 0.15) is 0 Å². The molecule has 0 saturated heterocycles. The van der Waals surface area contributed by atoms with E-state index in [0.717, 1.165) is 0 Å². The highest BCUT2D eigenvalue weighted by atomic mass is 19.1. The van der Waals surface area contributed by atoms with Gasteiger partial charge in [-0.25, -0.2) is 8.78 Å². The Balaban J connectivity index is 1.82. The van der Waals surface area contributed by atoms with Gasteiger partial charge in [-0.2, -0.15) is 0 Å². The van der Waals surface area contributed by atoms with E-state index in [1.54, 1.807) is 0 Å². The lowest BCUT2D eigenvalue weighted by Gasteiger charge is -2.58. The van der Waals surface area contributed by atoms with Crippen molar-refractivity contribution in [2.24, 2.45) is 34.5 Å². The molecule has 0 aromatic carbocycles. The van der Waals surface area contributed by atoms with Crippen LogP contribution < -0.4 is 0 Å². The number of carbonyl (C=O) groups excluding carboxylic acids is 2. The Morgan fingerprint density at radius 1 is 1.12 bits per heavy atom. The average Bonchev–Trinajstić information content (AvgIpc) is 2.79. The molecule has 4 rings (SSSR count). The van der Waals surface area contributed by atoms with Gasteiger partial charge in [0.25, 0.3) is 0 Å². The van der Waals surface area contributed by atoms with Crippen molar-refractivity contribution in [3.8, 4) is 0 Å². The summed E-state index contributed by atoms with van der Waals surface area (Å²) in [7, 11) is 0. The van der Waals surface area contributed by atoms with Crippen LogP contribution in [-0.4, -0.2) is 35.3 Å². The van der Waals surface area contributed by atoms with Crippen molar-refractivity contribution in [2.45, 2.75) is 58.3 Å². The van der Waals surface area contributed by atoms with Crippen LogP contribution in [0.15, 0.2) is 0 Å². The lowest BCUT2D eigenvalue weighted by Crippen LogP contribution is -2.64. The molecule has 0 aliphatic heterocycles. The van der Waals surface area contributed by atoms with Crippen LogP contribution in [0.25, 0.3) is 0 Å². The summed E-state index contributed by atoms with van der Waals surface area (Å²) in [4.78, 5) is 25.4. The minimum absolute atomic E-state index is 0.0337. The van der Waals surface area contributed by atoms with Crippen LogP contribution in [0.5, 0.6) is 0 Å². The lowest BCUT2D eigenvalue weighted by molar-refractivity contribution is -0.163. The van der Waals surface area contributed by atoms with Gasteiger partial charge in [0.15, 0.2) is 23.9 Å². The third kappa shape index (κ3) is 1.91. The molecule has 4 aliphatic carbocycles. The standard InChI is InChI=1S/C19H24F2N2O2/c1-18-4-3-8(22)5-11(18)13(23)6-9-10-7-12(20)17(25)19(10,2)16(21)15(24)14(9)18/h9-12,14,16,22-23H,3-7H2,1-2H3/t9?,10?,11?,12?,14?,16?,18-,19+/m0/s1. The molecule has 8 atom stereocenters. The van der Waals surface area contributed by atoms with Crippen LogP contribution in [0, 0.1) is 45.3 Å². The van der Waals surface area contributed by atoms with E-state index >= 15 is 4.39 Å². The zero-order valence-corrected chi connectivity index (χ0v) is 14.6. The Hall–Kier alpha value is -1.46. The van der Waals surface area contributed by atoms with E-state index in [1.165, 1.54) is 6.92 Å². The number of rotatable bonds is 0. The Kier molecular flexibility index (Phi) is 3.42. The third-order valence-corrected chi connectivity index (χ3v) is 7.87. The molecule has 4 aliphatic rings. The van der Waals surface area contributed by atoms with Gasteiger partial charge in [-0.3, -0.25) is 9.59 Å². The lowest BCUT2D eigenvalue weighted by atomic mass is 9.44. The number of alkyl halides is 2. The van der Waals surface area contributed by atoms with E-state index < -0.39 is 46.6 Å². The maximum Gasteiger partial charge on any atom is 0.176 e. The van der Waals surface area contributed by atoms with Crippen molar-refractivity contribution >= 4 is 23.0 Å². The van der Waals surface area contributed by atoms with Crippen LogP contribution in [0.4, 0.5) is 8.78 Å². The largest absolute Gasteiger partial charge is 0.310 e. The van der Waals surface area contributed by atoms with Crippen LogP contribution in [0.2, 0.25) is 0 Å². The second-order valence-corrected chi connectivity index (χ2v) is 8.96. The van der Waals surface area contributed by atoms with Crippen molar-refractivity contribution in [2.75, 3.05) is 0 Å². The number of hydrogen-bond donors (Lipinski definition) is 2. The highest BCUT2D eigenvalue weighted by Gasteiger charge is 2.70. The molecule has 136 valence electrons. The summed E-state index contributed by atoms with van der Waals surface area (Å²) >= 11 is 0. The molecule has 0 spiro atoms. The zero-order chi connectivity index (χ0) is 18.3. The summed E-state index contributed by atoms with van der Waals surface area (Å²) in [5, 5.41) is 16.5. The molecule has 0 aromatic heterocycles. The molecule has 0 amide bonds. The zero-order valence-electron chi connectivity index (χ0n) is 14.6. The summed E-state index contributed by atoms with van der Waals surface area (Å²) < 4.78 is 29.4. The minimum Gasteiger partial charge on any atom is -0.310 e. The number of Topliss-reactive ketones (excluding diaryl/α,β-unsaturated/α-hetero) is 2. The Morgan fingerprint density at radius 3 is 2.48 bits per heavy atom. The van der Waals surface area contributed by atoms with Gasteiger partial charge < -0.3 is 10.8 Å². The normalized spacial score (nSPS) is 52.6. The first-order valence-electron chi connectivity index (χ1n) is 9.12. The molecular weight excluding hydrogens is 326 g/mol. The number of fused-ring (bicyclic) bond motifs is 5. The monoisotopic (exact) mass is 350 g/mol. The van der Waals surface area contributed by atoms with Gasteiger partial charge in [0.05, 0.1) is 5.41 Å². The quantitative estimate of drug-likeness (QED) is 0.702. The van der Waals surface area contributed by atoms with Crippen molar-refractivity contribution < 1.29 is 18.4 Å². The highest BCUT2D eigenvalue weighted by molar-refractivity contribution is 6.03. The fourth-order valence-corrected chi connectivity index (χ4v) is 6.46. The van der Waals surface area contributed by atoms with E-state index in [4.69, 9.17) is 10.8 Å². The van der Waals surface area contributed by atoms with Crippen molar-refractivity contribution in [1.82, 2.24) is 0 Å². The molecule has 25 heavy (non-hydrogen) atoms. The predicted octanol–water partition coefficient (Wildman–Crippen LogP) is 3.32. The SMILES string of the molecule is C[C@]12CCC(=N)CC1C(=N)CC1C2C(=O)C(F)[C@]2(C)C(=O)C(F)CC12. The van der Waals surface area contributed by atoms with E-state index in [2.05, 4.69) is 0 Å². The molecule has 0 bridgehead atoms. The molecule has 4 fully saturated rings. The van der Waals surface area contributed by atoms with Crippen LogP contribution >= 0.6 is 0 Å².